The van der Waals surface area contributed by atoms with Crippen LogP contribution in [0.2, 0.25) is 0 Å². The first-order chi connectivity index (χ1) is 24.8. The average molecular weight is 760 g/mol. The number of hydrogen-bond acceptors (Lipinski definition) is 2. The summed E-state index contributed by atoms with van der Waals surface area (Å²) in [7, 11) is -0.807. The van der Waals surface area contributed by atoms with E-state index in [0.29, 0.717) is 4.99 Å². The van der Waals surface area contributed by atoms with Gasteiger partial charge in [-0.05, 0) is 128 Å². The summed E-state index contributed by atoms with van der Waals surface area (Å²) in [4.78, 5) is 0.365. The van der Waals surface area contributed by atoms with Gasteiger partial charge in [0.05, 0.1) is 0 Å². The molecule has 0 radical (unpaired) electrons. The summed E-state index contributed by atoms with van der Waals surface area (Å²) in [6, 6.07) is 29.4. The van der Waals surface area contributed by atoms with Gasteiger partial charge in [-0.15, -0.1) is 11.8 Å². The fourth-order valence-electron chi connectivity index (χ4n) is 9.00. The highest BCUT2D eigenvalue weighted by molar-refractivity contribution is 8.08. The molecule has 1 spiro atoms. The predicted octanol–water partition coefficient (Wildman–Crippen LogP) is 13.2. The van der Waals surface area contributed by atoms with Gasteiger partial charge >= 0.3 is 0 Å². The van der Waals surface area contributed by atoms with Crippen LogP contribution in [-0.2, 0) is 46.3 Å². The lowest BCUT2D eigenvalue weighted by molar-refractivity contribution is 0.505. The highest BCUT2D eigenvalue weighted by Crippen LogP contribution is 2.57. The number of nitrogens with two attached hydrogens (primary N) is 1. The van der Waals surface area contributed by atoms with E-state index >= 15 is 0 Å². The molecule has 0 bridgehead atoms. The molecule has 0 aromatic heterocycles. The first-order valence-corrected chi connectivity index (χ1v) is 22.9. The van der Waals surface area contributed by atoms with Crippen LogP contribution in [0, 0.1) is 0 Å². The minimum atomic E-state index is -0.807. The Morgan fingerprint density at radius 2 is 0.981 bits per heavy atom. The van der Waals surface area contributed by atoms with Crippen molar-refractivity contribution in [3.05, 3.63) is 123 Å². The van der Waals surface area contributed by atoms with Crippen LogP contribution in [0.15, 0.2) is 72.8 Å². The van der Waals surface area contributed by atoms with Crippen molar-refractivity contribution < 1.29 is 0 Å². The molecule has 6 rings (SSSR count). The van der Waals surface area contributed by atoms with E-state index in [4.69, 9.17) is 5.73 Å². The quantitative estimate of drug-likeness (QED) is 0.156. The van der Waals surface area contributed by atoms with Gasteiger partial charge in [0.15, 0.2) is 0 Å². The lowest BCUT2D eigenvalue weighted by Crippen LogP contribution is -2.30. The van der Waals surface area contributed by atoms with Crippen LogP contribution in [0.4, 0.5) is 5.69 Å². The van der Waals surface area contributed by atoms with Crippen LogP contribution < -0.4 is 16.3 Å². The summed E-state index contributed by atoms with van der Waals surface area (Å²) in [6.07, 6.45) is 5.62. The third-order valence-electron chi connectivity index (χ3n) is 12.0. The SMILES string of the molecule is CC(C)(C)SC(Cc1cccc2c1[C@]1(CCc3cccc(N)c31)CC2)P(c1cc(C(C)(C)C)cc(C(C)(C)C)c1)c1cc(C(C)(C)C)cc(C(C)(C)C)c1. The van der Waals surface area contributed by atoms with Crippen molar-refractivity contribution in [2.45, 2.75) is 173 Å². The highest BCUT2D eigenvalue weighted by atomic mass is 32.2. The Labute approximate surface area is 335 Å². The molecule has 0 amide bonds. The van der Waals surface area contributed by atoms with E-state index in [1.54, 1.807) is 16.7 Å². The normalized spacial score (nSPS) is 18.4. The van der Waals surface area contributed by atoms with Crippen molar-refractivity contribution in [3.63, 3.8) is 0 Å². The van der Waals surface area contributed by atoms with Crippen LogP contribution in [0.1, 0.15) is 167 Å². The zero-order valence-corrected chi connectivity index (χ0v) is 38.2. The summed E-state index contributed by atoms with van der Waals surface area (Å²) in [5, 5.41) is 3.04. The first-order valence-electron chi connectivity index (χ1n) is 20.6. The Kier molecular flexibility index (Phi) is 10.8. The number of benzene rings is 4. The zero-order chi connectivity index (χ0) is 39.8. The van der Waals surface area contributed by atoms with Gasteiger partial charge in [-0.2, -0.15) is 0 Å². The Balaban J connectivity index is 1.65. The predicted molar refractivity (Wildman–Crippen MR) is 243 cm³/mol. The Morgan fingerprint density at radius 1 is 0.574 bits per heavy atom. The highest BCUT2D eigenvalue weighted by Gasteiger charge is 2.47. The maximum Gasteiger partial charge on any atom is 0.0374 e. The fraction of sp³-hybridized carbons (Fsp3) is 0.529. The maximum absolute atomic E-state index is 6.91. The maximum atomic E-state index is 6.91. The van der Waals surface area contributed by atoms with Crippen LogP contribution in [0.25, 0.3) is 0 Å². The molecule has 3 heteroatoms. The van der Waals surface area contributed by atoms with Gasteiger partial charge in [-0.1, -0.05) is 171 Å². The van der Waals surface area contributed by atoms with E-state index in [9.17, 15) is 0 Å². The van der Waals surface area contributed by atoms with E-state index in [0.717, 1.165) is 37.8 Å². The van der Waals surface area contributed by atoms with Crippen molar-refractivity contribution in [2.24, 2.45) is 0 Å². The molecule has 0 fully saturated rings. The molecule has 2 N–H and O–H groups in total. The van der Waals surface area contributed by atoms with E-state index in [1.807, 2.05) is 0 Å². The van der Waals surface area contributed by atoms with E-state index in [2.05, 4.69) is 188 Å². The number of rotatable bonds is 6. The van der Waals surface area contributed by atoms with Crippen LogP contribution in [0.5, 0.6) is 0 Å². The van der Waals surface area contributed by atoms with Gasteiger partial charge in [-0.3, -0.25) is 0 Å². The average Bonchev–Trinajstić information content (AvgIpc) is 3.61. The van der Waals surface area contributed by atoms with Crippen molar-refractivity contribution in [1.29, 1.82) is 0 Å². The second-order valence-corrected chi connectivity index (χ2v) is 26.5. The van der Waals surface area contributed by atoms with Crippen molar-refractivity contribution >= 4 is 36.0 Å². The molecule has 1 nitrogen and oxygen atoms in total. The Hall–Kier alpha value is -2.54. The molecular weight excluding hydrogens is 690 g/mol. The zero-order valence-electron chi connectivity index (χ0n) is 36.5. The summed E-state index contributed by atoms with van der Waals surface area (Å²) >= 11 is 2.22. The number of anilines is 1. The lowest BCUT2D eigenvalue weighted by Gasteiger charge is -2.37. The number of hydrogen-bond donors (Lipinski definition) is 1. The van der Waals surface area contributed by atoms with Crippen LogP contribution >= 0.6 is 19.7 Å². The third-order valence-corrected chi connectivity index (χ3v) is 16.5. The minimum absolute atomic E-state index is 0.0173. The first kappa shape index (κ1) is 41.1. The van der Waals surface area contributed by atoms with E-state index in [1.165, 1.54) is 44.0 Å². The van der Waals surface area contributed by atoms with E-state index in [-0.39, 0.29) is 31.8 Å². The second-order valence-electron chi connectivity index (χ2n) is 21.7. The smallest absolute Gasteiger partial charge is 0.0374 e. The standard InChI is InChI=1S/C51H70NPS/c1-46(2,3)36-27-37(47(4,5)6)30-40(29-36)53(41-31-38(48(7,8)9)28-39(32-41)49(10,11)12)43(54-50(13,14)15)26-35-20-16-18-33-22-24-51(44(33)35)25-23-34-19-17-21-42(52)45(34)51/h16-21,27-32,43H,22-26,52H2,1-15H3/t43?,51-/m1/s1. The van der Waals surface area contributed by atoms with Gasteiger partial charge in [0.25, 0.3) is 0 Å². The number of fused-ring (bicyclic) bond motifs is 4. The Bertz CT molecular complexity index is 1880. The topological polar surface area (TPSA) is 26.0 Å². The summed E-state index contributed by atoms with van der Waals surface area (Å²) < 4.78 is 0.0776. The Morgan fingerprint density at radius 3 is 1.39 bits per heavy atom. The molecule has 0 saturated carbocycles. The molecule has 54 heavy (non-hydrogen) atoms. The van der Waals surface area contributed by atoms with Crippen molar-refractivity contribution in [2.75, 3.05) is 5.73 Å². The molecule has 0 aliphatic heterocycles. The third kappa shape index (κ3) is 8.28. The lowest BCUT2D eigenvalue weighted by atomic mass is 9.74. The molecule has 0 saturated heterocycles. The molecule has 2 aliphatic carbocycles. The van der Waals surface area contributed by atoms with Gasteiger partial charge < -0.3 is 5.73 Å². The van der Waals surface area contributed by atoms with Crippen molar-refractivity contribution in [3.8, 4) is 0 Å². The monoisotopic (exact) mass is 759 g/mol. The number of nitrogen functional groups attached to an aromatic ring is 1. The summed E-state index contributed by atoms with van der Waals surface area (Å²) in [5.41, 5.74) is 21.4. The number of aryl methyl sites for hydroxylation is 2. The van der Waals surface area contributed by atoms with Crippen LogP contribution in [-0.4, -0.2) is 9.74 Å². The molecule has 290 valence electrons. The van der Waals surface area contributed by atoms with Gasteiger partial charge in [-0.25, -0.2) is 0 Å². The molecule has 4 aromatic rings. The minimum Gasteiger partial charge on any atom is -0.398 e. The van der Waals surface area contributed by atoms with Gasteiger partial charge in [0.1, 0.15) is 0 Å². The van der Waals surface area contributed by atoms with Crippen molar-refractivity contribution in [1.82, 2.24) is 0 Å². The molecule has 0 heterocycles. The van der Waals surface area contributed by atoms with Gasteiger partial charge in [0.2, 0.25) is 0 Å². The summed E-state index contributed by atoms with van der Waals surface area (Å²) in [6.45, 7) is 35.9. The van der Waals surface area contributed by atoms with Gasteiger partial charge in [0, 0.05) is 20.8 Å². The molecule has 2 aliphatic rings. The molecule has 1 unspecified atom stereocenters. The molecular formula is C51H70NPS. The second kappa shape index (κ2) is 14.1. The largest absolute Gasteiger partial charge is 0.398 e. The molecule has 2 atom stereocenters. The van der Waals surface area contributed by atoms with Crippen LogP contribution in [0.3, 0.4) is 0 Å². The number of thioether (sulfide) groups is 1. The fourth-order valence-corrected chi connectivity index (χ4v) is 14.6. The molecule has 4 aromatic carbocycles. The summed E-state index contributed by atoms with van der Waals surface area (Å²) in [5.74, 6) is 0. The van der Waals surface area contributed by atoms with E-state index < -0.39 is 7.92 Å².